The fourth-order valence-corrected chi connectivity index (χ4v) is 3.00. The molecule has 6 heteroatoms. The van der Waals surface area contributed by atoms with Gasteiger partial charge in [0.05, 0.1) is 18.3 Å². The fraction of sp³-hybridized carbons (Fsp3) is 0.316. The summed E-state index contributed by atoms with van der Waals surface area (Å²) in [4.78, 5) is 12.3. The number of nitrogens with zero attached hydrogens (tertiary/aromatic N) is 2. The maximum atomic E-state index is 12.3. The SMILES string of the molecule is CCCCCCOc1ccc(C(=O)Nc2ccc3nsnc3c2)cc1. The zero-order chi connectivity index (χ0) is 17.5. The maximum Gasteiger partial charge on any atom is 0.255 e. The summed E-state index contributed by atoms with van der Waals surface area (Å²) in [5.41, 5.74) is 2.93. The molecule has 130 valence electrons. The van der Waals surface area contributed by atoms with Gasteiger partial charge in [0.1, 0.15) is 16.8 Å². The number of carbonyl (C=O) groups excluding carboxylic acids is 1. The first-order valence-electron chi connectivity index (χ1n) is 8.53. The molecule has 0 aliphatic carbocycles. The highest BCUT2D eigenvalue weighted by atomic mass is 32.1. The average molecular weight is 355 g/mol. The van der Waals surface area contributed by atoms with E-state index >= 15 is 0 Å². The molecule has 1 N–H and O–H groups in total. The first kappa shape index (κ1) is 17.4. The summed E-state index contributed by atoms with van der Waals surface area (Å²) in [6.45, 7) is 2.91. The molecule has 0 saturated carbocycles. The van der Waals surface area contributed by atoms with Crippen molar-refractivity contribution in [3.8, 4) is 5.75 Å². The second kappa shape index (κ2) is 8.58. The van der Waals surface area contributed by atoms with Crippen LogP contribution in [0.4, 0.5) is 5.69 Å². The van der Waals surface area contributed by atoms with E-state index in [-0.39, 0.29) is 5.91 Å². The lowest BCUT2D eigenvalue weighted by molar-refractivity contribution is 0.102. The Bertz CT molecular complexity index is 830. The topological polar surface area (TPSA) is 64.1 Å². The normalized spacial score (nSPS) is 10.8. The van der Waals surface area contributed by atoms with Crippen molar-refractivity contribution >= 4 is 34.4 Å². The molecule has 0 aliphatic rings. The second-order valence-corrected chi connectivity index (χ2v) is 6.38. The smallest absolute Gasteiger partial charge is 0.255 e. The van der Waals surface area contributed by atoms with Crippen LogP contribution >= 0.6 is 11.7 Å². The van der Waals surface area contributed by atoms with E-state index in [1.54, 1.807) is 12.1 Å². The highest BCUT2D eigenvalue weighted by Gasteiger charge is 2.08. The largest absolute Gasteiger partial charge is 0.494 e. The van der Waals surface area contributed by atoms with Crippen molar-refractivity contribution in [3.63, 3.8) is 0 Å². The number of benzene rings is 2. The Hall–Kier alpha value is -2.47. The van der Waals surface area contributed by atoms with Gasteiger partial charge in [-0.2, -0.15) is 8.75 Å². The van der Waals surface area contributed by atoms with Gasteiger partial charge in [-0.05, 0) is 48.9 Å². The highest BCUT2D eigenvalue weighted by molar-refractivity contribution is 7.00. The number of fused-ring (bicyclic) bond motifs is 1. The number of aromatic nitrogens is 2. The van der Waals surface area contributed by atoms with Gasteiger partial charge < -0.3 is 10.1 Å². The van der Waals surface area contributed by atoms with Crippen LogP contribution in [0, 0.1) is 0 Å². The van der Waals surface area contributed by atoms with Crippen molar-refractivity contribution in [3.05, 3.63) is 48.0 Å². The van der Waals surface area contributed by atoms with Crippen molar-refractivity contribution in [2.24, 2.45) is 0 Å². The minimum absolute atomic E-state index is 0.156. The number of anilines is 1. The van der Waals surface area contributed by atoms with Crippen molar-refractivity contribution in [2.75, 3.05) is 11.9 Å². The lowest BCUT2D eigenvalue weighted by Crippen LogP contribution is -2.11. The van der Waals surface area contributed by atoms with Crippen molar-refractivity contribution in [1.82, 2.24) is 8.75 Å². The summed E-state index contributed by atoms with van der Waals surface area (Å²) in [7, 11) is 0. The number of carbonyl (C=O) groups is 1. The summed E-state index contributed by atoms with van der Waals surface area (Å²) in [5, 5.41) is 2.88. The number of amides is 1. The maximum absolute atomic E-state index is 12.3. The molecule has 3 rings (SSSR count). The molecule has 0 aliphatic heterocycles. The molecule has 1 amide bonds. The fourth-order valence-electron chi connectivity index (χ4n) is 2.48. The molecule has 0 unspecified atom stereocenters. The molecule has 0 saturated heterocycles. The molecule has 0 atom stereocenters. The molecular weight excluding hydrogens is 334 g/mol. The van der Waals surface area contributed by atoms with Crippen LogP contribution in [0.3, 0.4) is 0 Å². The molecule has 0 spiro atoms. The molecule has 5 nitrogen and oxygen atoms in total. The molecule has 1 heterocycles. The third-order valence-electron chi connectivity index (χ3n) is 3.89. The zero-order valence-corrected chi connectivity index (χ0v) is 15.0. The number of ether oxygens (including phenoxy) is 1. The van der Waals surface area contributed by atoms with E-state index in [1.807, 2.05) is 30.3 Å². The van der Waals surface area contributed by atoms with Gasteiger partial charge in [0.2, 0.25) is 0 Å². The number of hydrogen-bond acceptors (Lipinski definition) is 5. The summed E-state index contributed by atoms with van der Waals surface area (Å²) >= 11 is 1.16. The molecule has 2 aromatic carbocycles. The number of nitrogens with one attached hydrogen (secondary N) is 1. The summed E-state index contributed by atoms with van der Waals surface area (Å²) < 4.78 is 14.0. The van der Waals surface area contributed by atoms with E-state index in [4.69, 9.17) is 4.74 Å². The minimum Gasteiger partial charge on any atom is -0.494 e. The monoisotopic (exact) mass is 355 g/mol. The van der Waals surface area contributed by atoms with E-state index in [2.05, 4.69) is 21.0 Å². The predicted molar refractivity (Wildman–Crippen MR) is 101 cm³/mol. The molecule has 1 aromatic heterocycles. The van der Waals surface area contributed by atoms with Gasteiger partial charge in [-0.15, -0.1) is 0 Å². The van der Waals surface area contributed by atoms with Gasteiger partial charge in [-0.3, -0.25) is 4.79 Å². The summed E-state index contributed by atoms with van der Waals surface area (Å²) in [6, 6.07) is 12.7. The van der Waals surface area contributed by atoms with Crippen molar-refractivity contribution in [1.29, 1.82) is 0 Å². The Morgan fingerprint density at radius 1 is 1.04 bits per heavy atom. The Morgan fingerprint density at radius 2 is 1.84 bits per heavy atom. The van der Waals surface area contributed by atoms with Gasteiger partial charge in [0.15, 0.2) is 0 Å². The lowest BCUT2D eigenvalue weighted by Gasteiger charge is -2.08. The standard InChI is InChI=1S/C19H21N3O2S/c1-2-3-4-5-12-24-16-9-6-14(7-10-16)19(23)20-15-8-11-17-18(13-15)22-25-21-17/h6-11,13H,2-5,12H2,1H3,(H,20,23). The van der Waals surface area contributed by atoms with E-state index in [9.17, 15) is 4.79 Å². The number of unbranched alkanes of at least 4 members (excludes halogenated alkanes) is 3. The molecule has 25 heavy (non-hydrogen) atoms. The second-order valence-electron chi connectivity index (χ2n) is 5.86. The quantitative estimate of drug-likeness (QED) is 0.584. The third-order valence-corrected chi connectivity index (χ3v) is 4.45. The van der Waals surface area contributed by atoms with Gasteiger partial charge in [-0.25, -0.2) is 0 Å². The van der Waals surface area contributed by atoms with Crippen LogP contribution in [-0.4, -0.2) is 21.3 Å². The van der Waals surface area contributed by atoms with Crippen LogP contribution in [0.15, 0.2) is 42.5 Å². The first-order valence-corrected chi connectivity index (χ1v) is 9.26. The zero-order valence-electron chi connectivity index (χ0n) is 14.2. The van der Waals surface area contributed by atoms with Gasteiger partial charge in [0, 0.05) is 11.3 Å². The van der Waals surface area contributed by atoms with Crippen LogP contribution in [0.5, 0.6) is 5.75 Å². The third kappa shape index (κ3) is 4.76. The van der Waals surface area contributed by atoms with Gasteiger partial charge in [0.25, 0.3) is 5.91 Å². The Kier molecular flexibility index (Phi) is 5.95. The molecule has 0 radical (unpaired) electrons. The minimum atomic E-state index is -0.156. The molecular formula is C19H21N3O2S. The Morgan fingerprint density at radius 3 is 2.64 bits per heavy atom. The van der Waals surface area contributed by atoms with Crippen LogP contribution in [0.25, 0.3) is 11.0 Å². The summed E-state index contributed by atoms with van der Waals surface area (Å²) in [5.74, 6) is 0.639. The number of rotatable bonds is 8. The van der Waals surface area contributed by atoms with Gasteiger partial charge in [-0.1, -0.05) is 26.2 Å². The van der Waals surface area contributed by atoms with E-state index < -0.39 is 0 Å². The highest BCUT2D eigenvalue weighted by Crippen LogP contribution is 2.19. The van der Waals surface area contributed by atoms with Crippen LogP contribution in [0.1, 0.15) is 43.0 Å². The lowest BCUT2D eigenvalue weighted by atomic mass is 10.2. The first-order chi connectivity index (χ1) is 12.3. The molecule has 3 aromatic rings. The summed E-state index contributed by atoms with van der Waals surface area (Å²) in [6.07, 6.45) is 4.71. The molecule has 0 fully saturated rings. The van der Waals surface area contributed by atoms with Crippen molar-refractivity contribution in [2.45, 2.75) is 32.6 Å². The van der Waals surface area contributed by atoms with E-state index in [0.29, 0.717) is 17.9 Å². The van der Waals surface area contributed by atoms with Crippen LogP contribution in [0.2, 0.25) is 0 Å². The van der Waals surface area contributed by atoms with Crippen LogP contribution in [-0.2, 0) is 0 Å². The van der Waals surface area contributed by atoms with Crippen molar-refractivity contribution < 1.29 is 9.53 Å². The predicted octanol–water partition coefficient (Wildman–Crippen LogP) is 4.90. The van der Waals surface area contributed by atoms with E-state index in [1.165, 1.54) is 19.3 Å². The Balaban J connectivity index is 1.55. The van der Waals surface area contributed by atoms with E-state index in [0.717, 1.165) is 34.9 Å². The molecule has 0 bridgehead atoms. The van der Waals surface area contributed by atoms with Crippen LogP contribution < -0.4 is 10.1 Å². The van der Waals surface area contributed by atoms with Gasteiger partial charge >= 0.3 is 0 Å². The number of hydrogen-bond donors (Lipinski definition) is 1. The Labute approximate surface area is 151 Å². The average Bonchev–Trinajstić information content (AvgIpc) is 3.10.